The van der Waals surface area contributed by atoms with E-state index in [-0.39, 0.29) is 10.9 Å². The smallest absolute Gasteiger partial charge is 0.306 e. The molecule has 0 saturated heterocycles. The number of sulfonamides is 1. The van der Waals surface area contributed by atoms with E-state index in [1.54, 1.807) is 19.1 Å². The lowest BCUT2D eigenvalue weighted by Crippen LogP contribution is -2.12. The van der Waals surface area contributed by atoms with Crippen molar-refractivity contribution in [2.75, 3.05) is 0 Å². The number of carbonyl (C=O) groups is 1. The van der Waals surface area contributed by atoms with Gasteiger partial charge in [-0.05, 0) is 31.0 Å². The number of hydrogen-bond acceptors (Lipinski definition) is 4. The maximum atomic E-state index is 11.3. The Kier molecular flexibility index (Phi) is 4.86. The van der Waals surface area contributed by atoms with Gasteiger partial charge in [0.15, 0.2) is 0 Å². The van der Waals surface area contributed by atoms with Crippen molar-refractivity contribution < 1.29 is 17.9 Å². The summed E-state index contributed by atoms with van der Waals surface area (Å²) in [6.07, 6.45) is 0.703. The van der Waals surface area contributed by atoms with Crippen LogP contribution in [0.3, 0.4) is 0 Å². The number of hydrogen-bond donors (Lipinski definition) is 1. The van der Waals surface area contributed by atoms with Crippen LogP contribution in [0.1, 0.15) is 38.4 Å². The van der Waals surface area contributed by atoms with E-state index in [1.165, 1.54) is 12.1 Å². The minimum Gasteiger partial charge on any atom is -0.458 e. The van der Waals surface area contributed by atoms with Crippen LogP contribution in [0.4, 0.5) is 0 Å². The molecule has 5 nitrogen and oxygen atoms in total. The van der Waals surface area contributed by atoms with Gasteiger partial charge < -0.3 is 4.74 Å². The second kappa shape index (κ2) is 5.97. The topological polar surface area (TPSA) is 86.5 Å². The highest BCUT2D eigenvalue weighted by Crippen LogP contribution is 2.19. The fraction of sp³-hybridized carbons (Fsp3) is 0.417. The largest absolute Gasteiger partial charge is 0.458 e. The van der Waals surface area contributed by atoms with Crippen LogP contribution < -0.4 is 5.14 Å². The monoisotopic (exact) mass is 271 g/mol. The molecule has 1 unspecified atom stereocenters. The predicted molar refractivity (Wildman–Crippen MR) is 67.2 cm³/mol. The van der Waals surface area contributed by atoms with Crippen LogP contribution >= 0.6 is 0 Å². The van der Waals surface area contributed by atoms with Crippen molar-refractivity contribution in [3.63, 3.8) is 0 Å². The molecule has 6 heteroatoms. The zero-order chi connectivity index (χ0) is 13.8. The van der Waals surface area contributed by atoms with Crippen LogP contribution in [0.15, 0.2) is 29.2 Å². The number of ether oxygens (including phenoxy) is 1. The Balaban J connectivity index is 2.76. The molecule has 18 heavy (non-hydrogen) atoms. The Hall–Kier alpha value is -1.40. The summed E-state index contributed by atoms with van der Waals surface area (Å²) in [6, 6.07) is 5.97. The quantitative estimate of drug-likeness (QED) is 0.826. The fourth-order valence-corrected chi connectivity index (χ4v) is 1.97. The molecule has 2 N–H and O–H groups in total. The number of esters is 1. The van der Waals surface area contributed by atoms with E-state index in [2.05, 4.69) is 0 Å². The summed E-state index contributed by atoms with van der Waals surface area (Å²) in [5.74, 6) is -0.263. The Labute approximate surface area is 107 Å². The lowest BCUT2D eigenvalue weighted by Gasteiger charge is -2.13. The van der Waals surface area contributed by atoms with E-state index in [0.717, 1.165) is 12.0 Å². The van der Waals surface area contributed by atoms with E-state index in [0.29, 0.717) is 6.42 Å². The predicted octanol–water partition coefficient (Wildman–Crippen LogP) is 1.74. The molecule has 0 amide bonds. The van der Waals surface area contributed by atoms with Gasteiger partial charge in [-0.2, -0.15) is 0 Å². The maximum absolute atomic E-state index is 11.3. The van der Waals surface area contributed by atoms with Crippen molar-refractivity contribution in [3.8, 4) is 0 Å². The average Bonchev–Trinajstić information content (AvgIpc) is 2.28. The number of nitrogens with two attached hydrogens (primary N) is 1. The van der Waals surface area contributed by atoms with E-state index < -0.39 is 16.1 Å². The summed E-state index contributed by atoms with van der Waals surface area (Å²) in [6.45, 7) is 3.63. The molecule has 1 aromatic carbocycles. The molecule has 0 aromatic heterocycles. The molecule has 1 aromatic rings. The summed E-state index contributed by atoms with van der Waals surface area (Å²) < 4.78 is 27.3. The molecule has 0 saturated carbocycles. The zero-order valence-corrected chi connectivity index (χ0v) is 11.2. The Bertz CT molecular complexity index is 507. The van der Waals surface area contributed by atoms with Gasteiger partial charge in [0.25, 0.3) is 0 Å². The van der Waals surface area contributed by atoms with Gasteiger partial charge >= 0.3 is 5.97 Å². The minimum absolute atomic E-state index is 0.0401. The molecule has 0 fully saturated rings. The Morgan fingerprint density at radius 1 is 1.33 bits per heavy atom. The minimum atomic E-state index is -3.68. The van der Waals surface area contributed by atoms with Gasteiger partial charge in [-0.25, -0.2) is 13.6 Å². The van der Waals surface area contributed by atoms with Crippen LogP contribution in [-0.2, 0) is 19.6 Å². The van der Waals surface area contributed by atoms with Gasteiger partial charge in [0.1, 0.15) is 6.10 Å². The van der Waals surface area contributed by atoms with Gasteiger partial charge in [0, 0.05) is 6.42 Å². The van der Waals surface area contributed by atoms with Gasteiger partial charge in [-0.3, -0.25) is 4.79 Å². The third-order valence-corrected chi connectivity index (χ3v) is 3.37. The first-order valence-electron chi connectivity index (χ1n) is 5.67. The van der Waals surface area contributed by atoms with E-state index >= 15 is 0 Å². The summed E-state index contributed by atoms with van der Waals surface area (Å²) in [7, 11) is -3.68. The first-order valence-corrected chi connectivity index (χ1v) is 7.21. The molecule has 100 valence electrons. The number of primary sulfonamides is 1. The van der Waals surface area contributed by atoms with Crippen LogP contribution in [0.2, 0.25) is 0 Å². The van der Waals surface area contributed by atoms with Crippen LogP contribution in [0, 0.1) is 0 Å². The van der Waals surface area contributed by atoms with Gasteiger partial charge in [0.2, 0.25) is 10.0 Å². The van der Waals surface area contributed by atoms with Crippen molar-refractivity contribution in [1.29, 1.82) is 0 Å². The highest BCUT2D eigenvalue weighted by Gasteiger charge is 2.13. The second-order valence-corrected chi connectivity index (χ2v) is 5.56. The molecule has 0 radical (unpaired) electrons. The van der Waals surface area contributed by atoms with E-state index in [4.69, 9.17) is 9.88 Å². The van der Waals surface area contributed by atoms with Crippen LogP contribution in [-0.4, -0.2) is 14.4 Å². The van der Waals surface area contributed by atoms with Gasteiger partial charge in [-0.1, -0.05) is 19.1 Å². The third-order valence-electron chi connectivity index (χ3n) is 2.44. The van der Waals surface area contributed by atoms with Gasteiger partial charge in [-0.15, -0.1) is 0 Å². The molecule has 0 aliphatic carbocycles. The van der Waals surface area contributed by atoms with Crippen molar-refractivity contribution in [3.05, 3.63) is 29.8 Å². The molecule has 0 heterocycles. The number of carbonyl (C=O) groups excluding carboxylic acids is 1. The normalized spacial score (nSPS) is 13.1. The molecule has 0 spiro atoms. The molecule has 0 aliphatic heterocycles. The van der Waals surface area contributed by atoms with Gasteiger partial charge in [0.05, 0.1) is 4.90 Å². The molecule has 0 aliphatic rings. The lowest BCUT2D eigenvalue weighted by molar-refractivity contribution is -0.148. The summed E-state index contributed by atoms with van der Waals surface area (Å²) >= 11 is 0. The molecule has 0 bridgehead atoms. The zero-order valence-electron chi connectivity index (χ0n) is 10.4. The highest BCUT2D eigenvalue weighted by molar-refractivity contribution is 7.89. The summed E-state index contributed by atoms with van der Waals surface area (Å²) in [5.41, 5.74) is 0.729. The summed E-state index contributed by atoms with van der Waals surface area (Å²) in [5, 5.41) is 4.99. The fourth-order valence-electron chi connectivity index (χ4n) is 1.46. The van der Waals surface area contributed by atoms with E-state index in [9.17, 15) is 13.2 Å². The number of benzene rings is 1. The molecular formula is C12H17NO4S. The third kappa shape index (κ3) is 4.12. The number of rotatable bonds is 5. The highest BCUT2D eigenvalue weighted by atomic mass is 32.2. The Morgan fingerprint density at radius 3 is 2.33 bits per heavy atom. The first kappa shape index (κ1) is 14.7. The van der Waals surface area contributed by atoms with Crippen molar-refractivity contribution in [1.82, 2.24) is 0 Å². The molecule has 1 rings (SSSR count). The van der Waals surface area contributed by atoms with Crippen molar-refractivity contribution >= 4 is 16.0 Å². The Morgan fingerprint density at radius 2 is 1.89 bits per heavy atom. The summed E-state index contributed by atoms with van der Waals surface area (Å²) in [4.78, 5) is 11.4. The van der Waals surface area contributed by atoms with Crippen molar-refractivity contribution in [2.24, 2.45) is 5.14 Å². The first-order chi connectivity index (χ1) is 8.34. The van der Waals surface area contributed by atoms with E-state index in [1.807, 2.05) is 6.92 Å². The average molecular weight is 271 g/mol. The standard InChI is InChI=1S/C12H17NO4S/c1-3-4-12(14)17-9(2)10-5-7-11(8-6-10)18(13,15)16/h5-9H,3-4H2,1-2H3,(H2,13,15,16). The molecular weight excluding hydrogens is 254 g/mol. The maximum Gasteiger partial charge on any atom is 0.306 e. The molecule has 1 atom stereocenters. The SMILES string of the molecule is CCCC(=O)OC(C)c1ccc(S(N)(=O)=O)cc1. The van der Waals surface area contributed by atoms with Crippen LogP contribution in [0.25, 0.3) is 0 Å². The van der Waals surface area contributed by atoms with Crippen molar-refractivity contribution in [2.45, 2.75) is 37.7 Å². The van der Waals surface area contributed by atoms with Crippen LogP contribution in [0.5, 0.6) is 0 Å². The second-order valence-electron chi connectivity index (χ2n) is 4.00. The lowest BCUT2D eigenvalue weighted by atomic mass is 10.1.